The van der Waals surface area contributed by atoms with Crippen LogP contribution in [-0.4, -0.2) is 5.91 Å². The van der Waals surface area contributed by atoms with Gasteiger partial charge in [-0.15, -0.1) is 0 Å². The minimum atomic E-state index is -0.462. The number of carbonyl (C=O) groups is 1. The van der Waals surface area contributed by atoms with Crippen molar-refractivity contribution in [3.8, 4) is 11.8 Å². The monoisotopic (exact) mass is 510 g/mol. The molecule has 3 aromatic carbocycles. The van der Waals surface area contributed by atoms with E-state index in [1.165, 1.54) is 0 Å². The Balaban J connectivity index is 1.69. The second-order valence-corrected chi connectivity index (χ2v) is 7.95. The van der Waals surface area contributed by atoms with Crippen molar-refractivity contribution in [3.05, 3.63) is 98.4 Å². The standard InChI is InChI=1S/C23H16Br2N2O2/c24-19-6-4-16(5-7-19)15-29-22-3-1-2-17(13-22)12-18(14-26)23(28)27-21-10-8-20(25)9-11-21/h1-13H,15H2,(H,27,28)/b18-12+. The first-order valence-electron chi connectivity index (χ1n) is 8.69. The maximum Gasteiger partial charge on any atom is 0.266 e. The summed E-state index contributed by atoms with van der Waals surface area (Å²) in [5.74, 6) is 0.197. The molecule has 1 N–H and O–H groups in total. The van der Waals surface area contributed by atoms with Gasteiger partial charge in [0, 0.05) is 14.6 Å². The molecule has 0 radical (unpaired) electrons. The van der Waals surface area contributed by atoms with Gasteiger partial charge in [0.15, 0.2) is 0 Å². The summed E-state index contributed by atoms with van der Waals surface area (Å²) in [5, 5.41) is 12.1. The normalized spacial score (nSPS) is 10.9. The Hall–Kier alpha value is -2.88. The molecule has 6 heteroatoms. The number of carbonyl (C=O) groups excluding carboxylic acids is 1. The first kappa shape index (κ1) is 20.8. The van der Waals surface area contributed by atoms with Crippen LogP contribution >= 0.6 is 31.9 Å². The summed E-state index contributed by atoms with van der Waals surface area (Å²) in [6.07, 6.45) is 1.54. The molecular weight excluding hydrogens is 496 g/mol. The van der Waals surface area contributed by atoms with E-state index >= 15 is 0 Å². The van der Waals surface area contributed by atoms with Gasteiger partial charge in [-0.25, -0.2) is 0 Å². The van der Waals surface area contributed by atoms with E-state index in [0.29, 0.717) is 23.6 Å². The number of benzene rings is 3. The van der Waals surface area contributed by atoms with Crippen molar-refractivity contribution in [1.82, 2.24) is 0 Å². The third-order valence-corrected chi connectivity index (χ3v) is 5.01. The van der Waals surface area contributed by atoms with Gasteiger partial charge in [0.1, 0.15) is 24.0 Å². The maximum absolute atomic E-state index is 12.4. The molecule has 144 valence electrons. The van der Waals surface area contributed by atoms with Crippen molar-refractivity contribution in [1.29, 1.82) is 5.26 Å². The molecule has 3 aromatic rings. The van der Waals surface area contributed by atoms with E-state index in [4.69, 9.17) is 4.74 Å². The average Bonchev–Trinajstić information content (AvgIpc) is 2.73. The zero-order valence-electron chi connectivity index (χ0n) is 15.2. The Kier molecular flexibility index (Phi) is 7.23. The summed E-state index contributed by atoms with van der Waals surface area (Å²) in [7, 11) is 0. The molecular formula is C23H16Br2N2O2. The highest BCUT2D eigenvalue weighted by atomic mass is 79.9. The first-order chi connectivity index (χ1) is 14.0. The molecule has 0 unspecified atom stereocenters. The molecule has 0 heterocycles. The van der Waals surface area contributed by atoms with Crippen LogP contribution in [0.5, 0.6) is 5.75 Å². The van der Waals surface area contributed by atoms with Crippen molar-refractivity contribution < 1.29 is 9.53 Å². The van der Waals surface area contributed by atoms with Gasteiger partial charge in [-0.05, 0) is 65.7 Å². The molecule has 29 heavy (non-hydrogen) atoms. The largest absolute Gasteiger partial charge is 0.489 e. The van der Waals surface area contributed by atoms with Crippen LogP contribution in [0.15, 0.2) is 87.3 Å². The first-order valence-corrected chi connectivity index (χ1v) is 10.3. The van der Waals surface area contributed by atoms with Crippen molar-refractivity contribution >= 4 is 49.5 Å². The van der Waals surface area contributed by atoms with Crippen LogP contribution in [0.25, 0.3) is 6.08 Å². The van der Waals surface area contributed by atoms with Crippen LogP contribution < -0.4 is 10.1 Å². The second-order valence-electron chi connectivity index (χ2n) is 6.12. The zero-order valence-corrected chi connectivity index (χ0v) is 18.4. The van der Waals surface area contributed by atoms with Gasteiger partial charge in [0.05, 0.1) is 0 Å². The molecule has 0 saturated heterocycles. The van der Waals surface area contributed by atoms with Gasteiger partial charge in [0.2, 0.25) is 0 Å². The predicted octanol–water partition coefficient (Wildman–Crippen LogP) is 6.34. The fourth-order valence-electron chi connectivity index (χ4n) is 2.49. The van der Waals surface area contributed by atoms with E-state index in [9.17, 15) is 10.1 Å². The predicted molar refractivity (Wildman–Crippen MR) is 121 cm³/mol. The fourth-order valence-corrected chi connectivity index (χ4v) is 3.02. The number of ether oxygens (including phenoxy) is 1. The highest BCUT2D eigenvalue weighted by Gasteiger charge is 2.10. The molecule has 1 amide bonds. The number of amides is 1. The molecule has 0 bridgehead atoms. The van der Waals surface area contributed by atoms with Gasteiger partial charge >= 0.3 is 0 Å². The summed E-state index contributed by atoms with van der Waals surface area (Å²) in [6, 6.07) is 24.3. The van der Waals surface area contributed by atoms with Gasteiger partial charge in [0.25, 0.3) is 5.91 Å². The zero-order chi connectivity index (χ0) is 20.6. The highest BCUT2D eigenvalue weighted by Crippen LogP contribution is 2.19. The number of hydrogen-bond acceptors (Lipinski definition) is 3. The quantitative estimate of drug-likeness (QED) is 0.310. The number of nitrogens with one attached hydrogen (secondary N) is 1. The third-order valence-electron chi connectivity index (χ3n) is 3.96. The Morgan fingerprint density at radius 3 is 2.31 bits per heavy atom. The molecule has 0 fully saturated rings. The van der Waals surface area contributed by atoms with E-state index in [0.717, 1.165) is 14.5 Å². The second kappa shape index (κ2) is 10.1. The smallest absolute Gasteiger partial charge is 0.266 e. The maximum atomic E-state index is 12.4. The molecule has 4 nitrogen and oxygen atoms in total. The van der Waals surface area contributed by atoms with Crippen LogP contribution in [0, 0.1) is 11.3 Å². The molecule has 0 aliphatic carbocycles. The highest BCUT2D eigenvalue weighted by molar-refractivity contribution is 9.10. The van der Waals surface area contributed by atoms with Crippen LogP contribution in [0.1, 0.15) is 11.1 Å². The number of halogens is 2. The Morgan fingerprint density at radius 1 is 1.00 bits per heavy atom. The summed E-state index contributed by atoms with van der Waals surface area (Å²) in [6.45, 7) is 0.426. The van der Waals surface area contributed by atoms with Crippen molar-refractivity contribution in [3.63, 3.8) is 0 Å². The van der Waals surface area contributed by atoms with E-state index in [1.54, 1.807) is 24.3 Å². The summed E-state index contributed by atoms with van der Waals surface area (Å²) < 4.78 is 7.74. The van der Waals surface area contributed by atoms with Crippen molar-refractivity contribution in [2.75, 3.05) is 5.32 Å². The molecule has 0 saturated carbocycles. The van der Waals surface area contributed by atoms with E-state index in [2.05, 4.69) is 37.2 Å². The van der Waals surface area contributed by atoms with Crippen LogP contribution in [-0.2, 0) is 11.4 Å². The van der Waals surface area contributed by atoms with Crippen molar-refractivity contribution in [2.24, 2.45) is 0 Å². The Morgan fingerprint density at radius 2 is 1.66 bits per heavy atom. The third kappa shape index (κ3) is 6.31. The molecule has 0 spiro atoms. The number of anilines is 1. The van der Waals surface area contributed by atoms with E-state index in [1.807, 2.05) is 60.7 Å². The van der Waals surface area contributed by atoms with E-state index < -0.39 is 5.91 Å². The van der Waals surface area contributed by atoms with Crippen LogP contribution in [0.4, 0.5) is 5.69 Å². The van der Waals surface area contributed by atoms with Gasteiger partial charge in [-0.1, -0.05) is 56.1 Å². The minimum absolute atomic E-state index is 0.0120. The molecule has 3 rings (SSSR count). The summed E-state index contributed by atoms with van der Waals surface area (Å²) in [5.41, 5.74) is 2.38. The molecule has 0 atom stereocenters. The average molecular weight is 512 g/mol. The molecule has 0 aliphatic rings. The topological polar surface area (TPSA) is 62.1 Å². The lowest BCUT2D eigenvalue weighted by atomic mass is 10.1. The Labute approximate surface area is 186 Å². The van der Waals surface area contributed by atoms with Crippen LogP contribution in [0.3, 0.4) is 0 Å². The van der Waals surface area contributed by atoms with Crippen molar-refractivity contribution in [2.45, 2.75) is 6.61 Å². The number of nitrogens with zero attached hydrogens (tertiary/aromatic N) is 1. The molecule has 0 aliphatic heterocycles. The van der Waals surface area contributed by atoms with Gasteiger partial charge < -0.3 is 10.1 Å². The number of hydrogen-bond donors (Lipinski definition) is 1. The molecule has 0 aromatic heterocycles. The lowest BCUT2D eigenvalue weighted by molar-refractivity contribution is -0.112. The lowest BCUT2D eigenvalue weighted by Gasteiger charge is -2.08. The van der Waals surface area contributed by atoms with Gasteiger partial charge in [-0.3, -0.25) is 4.79 Å². The number of rotatable bonds is 6. The lowest BCUT2D eigenvalue weighted by Crippen LogP contribution is -2.13. The van der Waals surface area contributed by atoms with Crippen LogP contribution in [0.2, 0.25) is 0 Å². The minimum Gasteiger partial charge on any atom is -0.489 e. The van der Waals surface area contributed by atoms with Gasteiger partial charge in [-0.2, -0.15) is 5.26 Å². The summed E-state index contributed by atoms with van der Waals surface area (Å²) in [4.78, 5) is 12.4. The summed E-state index contributed by atoms with van der Waals surface area (Å²) >= 11 is 6.75. The fraction of sp³-hybridized carbons (Fsp3) is 0.0435. The SMILES string of the molecule is N#C/C(=C\c1cccc(OCc2ccc(Br)cc2)c1)C(=O)Nc1ccc(Br)cc1. The Bertz CT molecular complexity index is 1070. The van der Waals surface area contributed by atoms with E-state index in [-0.39, 0.29) is 5.57 Å². The number of nitriles is 1.